The minimum Gasteiger partial charge on any atom is -0.480 e. The van der Waals surface area contributed by atoms with Gasteiger partial charge in [-0.3, -0.25) is 14.4 Å². The van der Waals surface area contributed by atoms with Crippen LogP contribution < -0.4 is 25.8 Å². The van der Waals surface area contributed by atoms with E-state index in [0.29, 0.717) is 44.0 Å². The Morgan fingerprint density at radius 1 is 1.15 bits per heavy atom. The highest BCUT2D eigenvalue weighted by atomic mass is 32.2. The Hall–Kier alpha value is -3.52. The molecule has 2 aliphatic heterocycles. The van der Waals surface area contributed by atoms with E-state index in [0.717, 1.165) is 11.3 Å². The molecule has 5 N–H and O–H groups in total. The highest BCUT2D eigenvalue weighted by molar-refractivity contribution is 7.99. The smallest absolute Gasteiger partial charge is 0.326 e. The monoisotopic (exact) mass is 699 g/mol. The van der Waals surface area contributed by atoms with Crippen molar-refractivity contribution in [1.82, 2.24) is 30.0 Å². The van der Waals surface area contributed by atoms with Gasteiger partial charge in [0.2, 0.25) is 27.7 Å². The average Bonchev–Trinajstić information content (AvgIpc) is 3.73. The molecule has 0 unspecified atom stereocenters. The molecular formula is C27H37N7O9S3. The van der Waals surface area contributed by atoms with E-state index in [2.05, 4.69) is 20.8 Å². The second-order valence-corrected chi connectivity index (χ2v) is 14.6. The maximum absolute atomic E-state index is 13.9. The summed E-state index contributed by atoms with van der Waals surface area (Å²) in [6.07, 6.45) is 1.08. The Morgan fingerprint density at radius 2 is 1.89 bits per heavy atom. The fraction of sp³-hybridized carbons (Fsp3) is 0.556. The summed E-state index contributed by atoms with van der Waals surface area (Å²) in [5.41, 5.74) is 5.46. The predicted octanol–water partition coefficient (Wildman–Crippen LogP) is 0.00430. The molecule has 16 nitrogen and oxygen atoms in total. The average molecular weight is 700 g/mol. The van der Waals surface area contributed by atoms with E-state index < -0.39 is 51.8 Å². The zero-order valence-corrected chi connectivity index (χ0v) is 27.8. The number of rotatable bonds is 14. The molecule has 0 aromatic carbocycles. The summed E-state index contributed by atoms with van der Waals surface area (Å²) >= 11 is 2.62. The van der Waals surface area contributed by atoms with Gasteiger partial charge in [0.1, 0.15) is 27.4 Å². The number of sulfonamides is 1. The third-order valence-corrected chi connectivity index (χ3v) is 11.5. The van der Waals surface area contributed by atoms with Crippen LogP contribution >= 0.6 is 23.1 Å². The molecule has 2 saturated heterocycles. The fourth-order valence-electron chi connectivity index (χ4n) is 5.20. The first-order valence-electron chi connectivity index (χ1n) is 14.5. The second-order valence-electron chi connectivity index (χ2n) is 10.5. The van der Waals surface area contributed by atoms with Crippen molar-refractivity contribution in [3.05, 3.63) is 28.0 Å². The molecule has 2 aromatic rings. The van der Waals surface area contributed by atoms with Crippen LogP contribution in [0.25, 0.3) is 0 Å². The number of carboxylic acids is 1. The highest BCUT2D eigenvalue weighted by Gasteiger charge is 2.43. The lowest BCUT2D eigenvalue weighted by Gasteiger charge is -2.26. The Kier molecular flexibility index (Phi) is 12.2. The van der Waals surface area contributed by atoms with Gasteiger partial charge >= 0.3 is 5.97 Å². The summed E-state index contributed by atoms with van der Waals surface area (Å²) in [5, 5.41) is 24.2. The lowest BCUT2D eigenvalue weighted by Crippen LogP contribution is -2.51. The summed E-state index contributed by atoms with van der Waals surface area (Å²) in [5.74, 6) is -2.16. The lowest BCUT2D eigenvalue weighted by molar-refractivity contribution is -0.142. The van der Waals surface area contributed by atoms with Crippen molar-refractivity contribution in [3.8, 4) is 11.8 Å². The molecule has 0 saturated carbocycles. The van der Waals surface area contributed by atoms with Crippen molar-refractivity contribution < 1.29 is 42.2 Å². The standard InChI is InChI=1S/C27H37N7O9S3/c1-42-21-14-17(25(43-2)32-31-21)26(37)34-15-16(13-19(34)23(35)30-18(27(38)39)5-3-4-7-28)29-24(36)22-20(6-10-45-22)46(40,41)33-8-11-44-12-9-33/h6,10,14,16,18-19H,3-5,7-9,11-13,15,28H2,1-2H3,(H,29,36)(H,30,35)(H,38,39)/t16-,18-,19-/m0/s1. The van der Waals surface area contributed by atoms with Crippen LogP contribution in [0.4, 0.5) is 0 Å². The maximum atomic E-state index is 13.9. The predicted molar refractivity (Wildman–Crippen MR) is 169 cm³/mol. The number of carbonyl (C=O) groups excluding carboxylic acids is 3. The van der Waals surface area contributed by atoms with Gasteiger partial charge in [0.25, 0.3) is 11.8 Å². The number of amides is 3. The first-order chi connectivity index (χ1) is 22.0. The van der Waals surface area contributed by atoms with Gasteiger partial charge in [-0.05, 0) is 43.7 Å². The molecule has 46 heavy (non-hydrogen) atoms. The topological polar surface area (TPSA) is 223 Å². The second kappa shape index (κ2) is 15.9. The zero-order valence-electron chi connectivity index (χ0n) is 25.3. The van der Waals surface area contributed by atoms with Crippen molar-refractivity contribution in [2.75, 3.05) is 51.9 Å². The van der Waals surface area contributed by atoms with Gasteiger partial charge in [0.05, 0.1) is 14.2 Å². The van der Waals surface area contributed by atoms with Crippen LogP contribution in [0.2, 0.25) is 0 Å². The van der Waals surface area contributed by atoms with Gasteiger partial charge in [-0.15, -0.1) is 21.5 Å². The first-order valence-corrected chi connectivity index (χ1v) is 17.9. The first kappa shape index (κ1) is 35.3. The number of aliphatic carboxylic acids is 1. The number of nitrogens with two attached hydrogens (primary N) is 1. The zero-order chi connectivity index (χ0) is 33.4. The number of thiophene rings is 1. The third-order valence-electron chi connectivity index (χ3n) is 7.56. The SMILES string of the molecule is COc1cc(C(=O)N2C[C@@H](NC(=O)c3sccc3S(=O)(=O)N3CCSCC3)C[C@H]2C(=O)N[C@@H](CCCCN)C(=O)O)c(OC)nn1. The molecule has 2 aromatic heterocycles. The fourth-order valence-corrected chi connectivity index (χ4v) is 9.08. The molecule has 2 aliphatic rings. The van der Waals surface area contributed by atoms with Gasteiger partial charge in [0, 0.05) is 43.2 Å². The van der Waals surface area contributed by atoms with Crippen LogP contribution in [-0.4, -0.2) is 127 Å². The third kappa shape index (κ3) is 8.06. The Morgan fingerprint density at radius 3 is 2.54 bits per heavy atom. The number of nitrogens with zero attached hydrogens (tertiary/aromatic N) is 4. The molecule has 0 radical (unpaired) electrons. The number of aromatic nitrogens is 2. The molecule has 4 heterocycles. The van der Waals surface area contributed by atoms with E-state index >= 15 is 0 Å². The number of carboxylic acid groups (broad SMARTS) is 1. The summed E-state index contributed by atoms with van der Waals surface area (Å²) in [6.45, 7) is 0.879. The van der Waals surface area contributed by atoms with Gasteiger partial charge in [0.15, 0.2) is 0 Å². The van der Waals surface area contributed by atoms with E-state index in [1.807, 2.05) is 0 Å². The van der Waals surface area contributed by atoms with Crippen LogP contribution in [0.5, 0.6) is 11.8 Å². The maximum Gasteiger partial charge on any atom is 0.326 e. The van der Waals surface area contributed by atoms with Crippen LogP contribution in [0.15, 0.2) is 22.4 Å². The molecule has 4 rings (SSSR count). The number of likely N-dealkylation sites (tertiary alicyclic amines) is 1. The van der Waals surface area contributed by atoms with Gasteiger partial charge < -0.3 is 35.8 Å². The summed E-state index contributed by atoms with van der Waals surface area (Å²) < 4.78 is 38.4. The molecule has 0 bridgehead atoms. The van der Waals surface area contributed by atoms with E-state index in [9.17, 15) is 32.7 Å². The molecule has 0 aliphatic carbocycles. The molecule has 0 spiro atoms. The molecular weight excluding hydrogens is 663 g/mol. The van der Waals surface area contributed by atoms with Crippen molar-refractivity contribution >= 4 is 56.8 Å². The number of hydrogen-bond donors (Lipinski definition) is 4. The van der Waals surface area contributed by atoms with Crippen molar-refractivity contribution in [2.45, 2.75) is 48.7 Å². The van der Waals surface area contributed by atoms with Crippen molar-refractivity contribution in [3.63, 3.8) is 0 Å². The molecule has 2 fully saturated rings. The molecule has 3 atom stereocenters. The Labute approximate surface area is 274 Å². The van der Waals surface area contributed by atoms with Crippen LogP contribution in [0.3, 0.4) is 0 Å². The lowest BCUT2D eigenvalue weighted by atomic mass is 10.1. The number of unbranched alkanes of at least 4 members (excludes halogenated alkanes) is 1. The Bertz CT molecular complexity index is 1530. The minimum absolute atomic E-state index is 0.0128. The minimum atomic E-state index is -3.92. The quantitative estimate of drug-likeness (QED) is 0.191. The van der Waals surface area contributed by atoms with E-state index in [1.165, 1.54) is 40.9 Å². The number of methoxy groups -OCH3 is 2. The summed E-state index contributed by atoms with van der Waals surface area (Å²) in [7, 11) is -1.29. The molecule has 3 amide bonds. The normalized spacial score (nSPS) is 19.3. The van der Waals surface area contributed by atoms with E-state index in [1.54, 1.807) is 11.8 Å². The van der Waals surface area contributed by atoms with Gasteiger partial charge in [-0.25, -0.2) is 13.2 Å². The summed E-state index contributed by atoms with van der Waals surface area (Å²) in [6, 6.07) is -0.530. The van der Waals surface area contributed by atoms with E-state index in [-0.39, 0.29) is 46.5 Å². The summed E-state index contributed by atoms with van der Waals surface area (Å²) in [4.78, 5) is 53.9. The van der Waals surface area contributed by atoms with Gasteiger partial charge in [-0.2, -0.15) is 16.1 Å². The number of ether oxygens (including phenoxy) is 2. The van der Waals surface area contributed by atoms with Crippen LogP contribution in [0.1, 0.15) is 45.7 Å². The largest absolute Gasteiger partial charge is 0.480 e. The number of carbonyl (C=O) groups is 4. The number of hydrogen-bond acceptors (Lipinski definition) is 13. The molecule has 19 heteroatoms. The van der Waals surface area contributed by atoms with Crippen LogP contribution in [-0.2, 0) is 19.6 Å². The highest BCUT2D eigenvalue weighted by Crippen LogP contribution is 2.29. The molecule has 252 valence electrons. The van der Waals surface area contributed by atoms with E-state index in [4.69, 9.17) is 15.2 Å². The van der Waals surface area contributed by atoms with Crippen molar-refractivity contribution in [1.29, 1.82) is 0 Å². The van der Waals surface area contributed by atoms with Crippen molar-refractivity contribution in [2.24, 2.45) is 5.73 Å². The van der Waals surface area contributed by atoms with Gasteiger partial charge in [-0.1, -0.05) is 0 Å². The number of nitrogens with one attached hydrogen (secondary N) is 2. The Balaban J connectivity index is 1.59. The van der Waals surface area contributed by atoms with Crippen LogP contribution in [0, 0.1) is 0 Å². The number of thioether (sulfide) groups is 1.